The van der Waals surface area contributed by atoms with Gasteiger partial charge in [0.1, 0.15) is 12.2 Å². The second kappa shape index (κ2) is 16.3. The minimum absolute atomic E-state index is 0.0654. The first-order valence-electron chi connectivity index (χ1n) is 16.8. The Kier molecular flexibility index (Phi) is 13.4. The number of urea groups is 1. The van der Waals surface area contributed by atoms with Crippen LogP contribution in [0.3, 0.4) is 0 Å². The lowest BCUT2D eigenvalue weighted by Crippen LogP contribution is -2.56. The molecule has 242 valence electrons. The first-order chi connectivity index (χ1) is 20.0. The van der Waals surface area contributed by atoms with Crippen LogP contribution in [0.1, 0.15) is 144 Å². The molecule has 0 aromatic heterocycles. The molecular weight excluding hydrogens is 534 g/mol. The van der Waals surface area contributed by atoms with Gasteiger partial charge in [0.15, 0.2) is 5.79 Å². The molecule has 3 unspecified atom stereocenters. The zero-order valence-corrected chi connectivity index (χ0v) is 27.1. The van der Waals surface area contributed by atoms with Crippen molar-refractivity contribution in [2.24, 2.45) is 5.41 Å². The molecule has 3 fully saturated rings. The maximum atomic E-state index is 13.1. The molecule has 3 amide bonds. The zero-order chi connectivity index (χ0) is 30.6. The van der Waals surface area contributed by atoms with Crippen LogP contribution in [0.15, 0.2) is 0 Å². The summed E-state index contributed by atoms with van der Waals surface area (Å²) >= 11 is 0. The number of esters is 1. The summed E-state index contributed by atoms with van der Waals surface area (Å²) in [6, 6.07) is -0.331. The fourth-order valence-electron chi connectivity index (χ4n) is 6.69. The molecule has 1 heterocycles. The average Bonchev–Trinajstić information content (AvgIpc) is 3.56. The van der Waals surface area contributed by atoms with Gasteiger partial charge in [-0.05, 0) is 52.4 Å². The summed E-state index contributed by atoms with van der Waals surface area (Å²) in [6.07, 6.45) is 17.2. The normalized spacial score (nSPS) is 26.0. The van der Waals surface area contributed by atoms with E-state index in [1.165, 1.54) is 44.9 Å². The molecule has 0 spiro atoms. The maximum Gasteiger partial charge on any atom is 0.315 e. The first-order valence-corrected chi connectivity index (χ1v) is 16.8. The topological polar surface area (TPSA) is 115 Å². The molecule has 3 N–H and O–H groups in total. The lowest BCUT2D eigenvalue weighted by molar-refractivity contribution is -0.304. The van der Waals surface area contributed by atoms with Crippen LogP contribution in [0.5, 0.6) is 0 Å². The van der Waals surface area contributed by atoms with Gasteiger partial charge in [0.25, 0.3) is 0 Å². The van der Waals surface area contributed by atoms with Gasteiger partial charge in [-0.1, -0.05) is 85.0 Å². The van der Waals surface area contributed by atoms with Crippen LogP contribution < -0.4 is 16.0 Å². The molecule has 3 atom stereocenters. The number of rotatable bonds is 16. The molecule has 2 aliphatic carbocycles. The zero-order valence-electron chi connectivity index (χ0n) is 27.1. The van der Waals surface area contributed by atoms with Crippen molar-refractivity contribution in [2.45, 2.75) is 173 Å². The Morgan fingerprint density at radius 3 is 2.24 bits per heavy atom. The smallest absolute Gasteiger partial charge is 0.315 e. The lowest BCUT2D eigenvalue weighted by atomic mass is 9.85. The minimum atomic E-state index is -0.835. The van der Waals surface area contributed by atoms with Gasteiger partial charge in [-0.25, -0.2) is 4.79 Å². The maximum absolute atomic E-state index is 13.1. The molecule has 9 heteroatoms. The highest BCUT2D eigenvalue weighted by atomic mass is 16.7. The van der Waals surface area contributed by atoms with Gasteiger partial charge in [0.05, 0.1) is 19.1 Å². The molecule has 2 saturated carbocycles. The number of ether oxygens (including phenoxy) is 3. The van der Waals surface area contributed by atoms with E-state index in [2.05, 4.69) is 22.9 Å². The number of hydrogen-bond acceptors (Lipinski definition) is 6. The van der Waals surface area contributed by atoms with E-state index >= 15 is 0 Å². The van der Waals surface area contributed by atoms with Crippen LogP contribution in [-0.2, 0) is 23.8 Å². The summed E-state index contributed by atoms with van der Waals surface area (Å²) in [5, 5.41) is 9.29. The molecule has 9 nitrogen and oxygen atoms in total. The fourth-order valence-corrected chi connectivity index (χ4v) is 6.69. The monoisotopic (exact) mass is 593 g/mol. The van der Waals surface area contributed by atoms with Gasteiger partial charge in [-0.15, -0.1) is 0 Å². The van der Waals surface area contributed by atoms with Crippen LogP contribution in [0.4, 0.5) is 4.79 Å². The Labute approximate surface area is 254 Å². The van der Waals surface area contributed by atoms with E-state index in [9.17, 15) is 14.4 Å². The van der Waals surface area contributed by atoms with Crippen LogP contribution in [-0.4, -0.2) is 60.6 Å². The second-order valence-corrected chi connectivity index (χ2v) is 14.1. The highest BCUT2D eigenvalue weighted by molar-refractivity contribution is 5.82. The first kappa shape index (κ1) is 34.6. The van der Waals surface area contributed by atoms with Crippen molar-refractivity contribution >= 4 is 17.9 Å². The van der Waals surface area contributed by atoms with E-state index in [1.54, 1.807) is 13.8 Å². The second-order valence-electron chi connectivity index (χ2n) is 14.1. The molecule has 3 aliphatic rings. The predicted molar refractivity (Wildman–Crippen MR) is 164 cm³/mol. The summed E-state index contributed by atoms with van der Waals surface area (Å²) in [5.74, 6) is -1.46. The Morgan fingerprint density at radius 1 is 0.881 bits per heavy atom. The number of hydrogen-bond donors (Lipinski definition) is 3. The largest absolute Gasteiger partial charge is 0.460 e. The van der Waals surface area contributed by atoms with E-state index in [1.807, 2.05) is 13.8 Å². The molecule has 0 aromatic rings. The third-order valence-corrected chi connectivity index (χ3v) is 9.27. The molecule has 1 aliphatic heterocycles. The lowest BCUT2D eigenvalue weighted by Gasteiger charge is -2.44. The molecular formula is C33H59N3O6. The highest BCUT2D eigenvalue weighted by Gasteiger charge is 2.45. The SMILES string of the molecule is CCCCCCCCCCC1(NC(=O)NC2CCCC2OC(=O)CCNC(=O)C2OC(C)(C)OCC2(C)C)CCCC1. The van der Waals surface area contributed by atoms with E-state index in [-0.39, 0.29) is 48.6 Å². The van der Waals surface area contributed by atoms with Crippen molar-refractivity contribution < 1.29 is 28.6 Å². The third-order valence-electron chi connectivity index (χ3n) is 9.27. The summed E-state index contributed by atoms with van der Waals surface area (Å²) in [4.78, 5) is 38.5. The Balaban J connectivity index is 1.37. The Bertz CT molecular complexity index is 870. The number of carbonyl (C=O) groups excluding carboxylic acids is 3. The van der Waals surface area contributed by atoms with Gasteiger partial charge in [-0.2, -0.15) is 0 Å². The third kappa shape index (κ3) is 11.0. The molecule has 0 bridgehead atoms. The van der Waals surface area contributed by atoms with Gasteiger partial charge >= 0.3 is 12.0 Å². The molecule has 42 heavy (non-hydrogen) atoms. The number of carbonyl (C=O) groups is 3. The standard InChI is InChI=1S/C33H59N3O6/c1-6-7-8-9-10-11-12-13-20-33(21-14-15-22-33)36-30(39)35-25-17-16-18-26(25)41-27(37)19-23-34-29(38)28-31(2,3)24-40-32(4,5)42-28/h25-26,28H,6-24H2,1-5H3,(H,34,38)(H2,35,36,39). The van der Waals surface area contributed by atoms with Gasteiger partial charge < -0.3 is 30.2 Å². The van der Waals surface area contributed by atoms with Crippen molar-refractivity contribution in [3.05, 3.63) is 0 Å². The van der Waals surface area contributed by atoms with Crippen LogP contribution in [0.25, 0.3) is 0 Å². The summed E-state index contributed by atoms with van der Waals surface area (Å²) in [6.45, 7) is 10.3. The van der Waals surface area contributed by atoms with Crippen molar-refractivity contribution in [3.63, 3.8) is 0 Å². The summed E-state index contributed by atoms with van der Waals surface area (Å²) in [5.41, 5.74) is -0.582. The number of nitrogens with one attached hydrogen (secondary N) is 3. The van der Waals surface area contributed by atoms with Gasteiger partial charge in [-0.3, -0.25) is 9.59 Å². The van der Waals surface area contributed by atoms with Crippen LogP contribution in [0, 0.1) is 5.41 Å². The number of amides is 3. The Morgan fingerprint density at radius 2 is 1.55 bits per heavy atom. The van der Waals surface area contributed by atoms with Gasteiger partial charge in [0, 0.05) is 17.5 Å². The molecule has 0 aromatic carbocycles. The van der Waals surface area contributed by atoms with E-state index in [0.29, 0.717) is 6.61 Å². The van der Waals surface area contributed by atoms with E-state index in [4.69, 9.17) is 14.2 Å². The van der Waals surface area contributed by atoms with Crippen molar-refractivity contribution in [1.29, 1.82) is 0 Å². The average molecular weight is 594 g/mol. The summed E-state index contributed by atoms with van der Waals surface area (Å²) in [7, 11) is 0. The van der Waals surface area contributed by atoms with Crippen LogP contribution in [0.2, 0.25) is 0 Å². The van der Waals surface area contributed by atoms with Crippen molar-refractivity contribution in [3.8, 4) is 0 Å². The van der Waals surface area contributed by atoms with E-state index in [0.717, 1.165) is 57.8 Å². The highest BCUT2D eigenvalue weighted by Crippen LogP contribution is 2.36. The van der Waals surface area contributed by atoms with Gasteiger partial charge in [0.2, 0.25) is 5.91 Å². The molecule has 1 saturated heterocycles. The molecule has 3 rings (SSSR count). The minimum Gasteiger partial charge on any atom is -0.460 e. The summed E-state index contributed by atoms with van der Waals surface area (Å²) < 4.78 is 17.3. The molecule has 0 radical (unpaired) electrons. The number of unbranched alkanes of at least 4 members (excludes halogenated alkanes) is 7. The quantitative estimate of drug-likeness (QED) is 0.143. The fraction of sp³-hybridized carbons (Fsp3) is 0.909. The Hall–Kier alpha value is -1.87. The predicted octanol–water partition coefficient (Wildman–Crippen LogP) is 6.28. The van der Waals surface area contributed by atoms with Crippen molar-refractivity contribution in [1.82, 2.24) is 16.0 Å². The van der Waals surface area contributed by atoms with E-state index < -0.39 is 17.3 Å². The van der Waals surface area contributed by atoms with Crippen molar-refractivity contribution in [2.75, 3.05) is 13.2 Å². The van der Waals surface area contributed by atoms with Crippen LogP contribution >= 0.6 is 0 Å².